The molecule has 5 rings (SSSR count). The molecule has 1 fully saturated rings. The standard InChI is InChI=1S/C26H22F3N3O2/c27-26(28,29)17-7-9-18(10-8-17)31-22-23(25(34)24(22)33)32-21-14-30-20-11-6-16(13-19(20)21)12-15-4-2-1-3-5-15/h1-11,13-14,22-24,30-33H,12H2. The van der Waals surface area contributed by atoms with Crippen LogP contribution in [0.25, 0.3) is 10.9 Å². The van der Waals surface area contributed by atoms with Crippen molar-refractivity contribution in [3.63, 3.8) is 0 Å². The third kappa shape index (κ3) is 4.24. The summed E-state index contributed by atoms with van der Waals surface area (Å²) in [5.41, 5.74) is 3.54. The zero-order valence-electron chi connectivity index (χ0n) is 17.9. The number of hydrogen-bond acceptors (Lipinski definition) is 4. The summed E-state index contributed by atoms with van der Waals surface area (Å²) in [5.74, 6) is -0.376. The molecule has 1 aliphatic carbocycles. The van der Waals surface area contributed by atoms with Gasteiger partial charge in [0.15, 0.2) is 5.78 Å². The van der Waals surface area contributed by atoms with Gasteiger partial charge in [-0.25, -0.2) is 0 Å². The number of ketones is 1. The molecule has 0 radical (unpaired) electrons. The number of hydrogen-bond donors (Lipinski definition) is 4. The van der Waals surface area contributed by atoms with Crippen molar-refractivity contribution in [3.05, 3.63) is 95.7 Å². The Morgan fingerprint density at radius 2 is 1.65 bits per heavy atom. The lowest BCUT2D eigenvalue weighted by Gasteiger charge is -2.41. The van der Waals surface area contributed by atoms with E-state index < -0.39 is 29.9 Å². The Bertz CT molecular complexity index is 1320. The molecule has 0 amide bonds. The molecule has 0 aliphatic heterocycles. The van der Waals surface area contributed by atoms with Crippen LogP contribution >= 0.6 is 0 Å². The number of H-pyrrole nitrogens is 1. The first-order valence-electron chi connectivity index (χ1n) is 10.9. The maximum absolute atomic E-state index is 12.8. The largest absolute Gasteiger partial charge is 0.416 e. The molecule has 3 atom stereocenters. The molecule has 1 saturated carbocycles. The normalized spacial score (nSPS) is 20.2. The number of aromatic nitrogens is 1. The summed E-state index contributed by atoms with van der Waals surface area (Å²) < 4.78 is 38.4. The summed E-state index contributed by atoms with van der Waals surface area (Å²) >= 11 is 0. The zero-order chi connectivity index (χ0) is 23.9. The van der Waals surface area contributed by atoms with Crippen LogP contribution in [0, 0.1) is 0 Å². The van der Waals surface area contributed by atoms with Crippen LogP contribution in [-0.2, 0) is 17.4 Å². The number of rotatable bonds is 6. The highest BCUT2D eigenvalue weighted by Crippen LogP contribution is 2.32. The second kappa shape index (κ2) is 8.53. The number of aliphatic hydroxyl groups excluding tert-OH is 1. The Balaban J connectivity index is 1.33. The highest BCUT2D eigenvalue weighted by Gasteiger charge is 2.49. The number of fused-ring (bicyclic) bond motifs is 1. The van der Waals surface area contributed by atoms with Crippen molar-refractivity contribution in [2.75, 3.05) is 10.6 Å². The van der Waals surface area contributed by atoms with Gasteiger partial charge in [-0.05, 0) is 53.9 Å². The van der Waals surface area contributed by atoms with Gasteiger partial charge in [0.2, 0.25) is 0 Å². The molecule has 1 heterocycles. The van der Waals surface area contributed by atoms with Crippen molar-refractivity contribution >= 4 is 28.1 Å². The minimum Gasteiger partial charge on any atom is -0.383 e. The summed E-state index contributed by atoms with van der Waals surface area (Å²) in [7, 11) is 0. The Hall–Kier alpha value is -3.78. The third-order valence-corrected chi connectivity index (χ3v) is 6.15. The molecule has 4 aromatic rings. The highest BCUT2D eigenvalue weighted by atomic mass is 19.4. The molecule has 5 nitrogen and oxygen atoms in total. The second-order valence-corrected chi connectivity index (χ2v) is 8.46. The molecular formula is C26H22F3N3O2. The van der Waals surface area contributed by atoms with E-state index in [1.165, 1.54) is 17.7 Å². The molecule has 1 aliphatic rings. The number of carbonyl (C=O) groups is 1. The van der Waals surface area contributed by atoms with E-state index in [0.29, 0.717) is 5.69 Å². The van der Waals surface area contributed by atoms with Crippen LogP contribution in [0.1, 0.15) is 16.7 Å². The Morgan fingerprint density at radius 1 is 0.912 bits per heavy atom. The Labute approximate surface area is 193 Å². The number of Topliss-reactive ketones (excluding diaryl/α,β-unsaturated/α-hetero) is 1. The first-order chi connectivity index (χ1) is 16.3. The van der Waals surface area contributed by atoms with Crippen LogP contribution < -0.4 is 10.6 Å². The van der Waals surface area contributed by atoms with Crippen molar-refractivity contribution in [2.45, 2.75) is 30.8 Å². The summed E-state index contributed by atoms with van der Waals surface area (Å²) in [4.78, 5) is 15.6. The van der Waals surface area contributed by atoms with Crippen molar-refractivity contribution in [1.82, 2.24) is 4.98 Å². The topological polar surface area (TPSA) is 77.2 Å². The van der Waals surface area contributed by atoms with E-state index in [4.69, 9.17) is 0 Å². The molecule has 3 aromatic carbocycles. The lowest BCUT2D eigenvalue weighted by atomic mass is 9.81. The van der Waals surface area contributed by atoms with Gasteiger partial charge in [-0.1, -0.05) is 36.4 Å². The van der Waals surface area contributed by atoms with Gasteiger partial charge in [0, 0.05) is 22.8 Å². The van der Waals surface area contributed by atoms with E-state index in [2.05, 4.69) is 33.8 Å². The predicted octanol–water partition coefficient (Wildman–Crippen LogP) is 4.98. The zero-order valence-corrected chi connectivity index (χ0v) is 17.9. The van der Waals surface area contributed by atoms with Crippen LogP contribution in [0.3, 0.4) is 0 Å². The number of aromatic amines is 1. The molecule has 174 valence electrons. The summed E-state index contributed by atoms with van der Waals surface area (Å²) in [6.45, 7) is 0. The lowest BCUT2D eigenvalue weighted by molar-refractivity contribution is -0.138. The first kappa shape index (κ1) is 22.0. The maximum atomic E-state index is 12.8. The van der Waals surface area contributed by atoms with Crippen LogP contribution in [-0.4, -0.2) is 34.1 Å². The molecule has 0 spiro atoms. The Kier molecular flexibility index (Phi) is 5.53. The van der Waals surface area contributed by atoms with Crippen molar-refractivity contribution in [1.29, 1.82) is 0 Å². The van der Waals surface area contributed by atoms with Gasteiger partial charge < -0.3 is 20.7 Å². The lowest BCUT2D eigenvalue weighted by Crippen LogP contribution is -2.67. The van der Waals surface area contributed by atoms with Crippen molar-refractivity contribution in [3.8, 4) is 0 Å². The first-order valence-corrected chi connectivity index (χ1v) is 10.9. The average molecular weight is 465 g/mol. The highest BCUT2D eigenvalue weighted by molar-refractivity contribution is 6.02. The smallest absolute Gasteiger partial charge is 0.383 e. The molecule has 34 heavy (non-hydrogen) atoms. The van der Waals surface area contributed by atoms with Gasteiger partial charge >= 0.3 is 6.18 Å². The molecule has 4 N–H and O–H groups in total. The fourth-order valence-corrected chi connectivity index (χ4v) is 4.27. The Morgan fingerprint density at radius 3 is 2.35 bits per heavy atom. The predicted molar refractivity (Wildman–Crippen MR) is 125 cm³/mol. The minimum atomic E-state index is -4.43. The van der Waals surface area contributed by atoms with Crippen molar-refractivity contribution in [2.24, 2.45) is 0 Å². The van der Waals surface area contributed by atoms with E-state index in [1.54, 1.807) is 6.20 Å². The SMILES string of the molecule is O=C1C(O)C(Nc2ccc(C(F)(F)F)cc2)C1Nc1c[nH]c2ccc(Cc3ccccc3)cc12. The number of anilines is 2. The minimum absolute atomic E-state index is 0.376. The summed E-state index contributed by atoms with van der Waals surface area (Å²) in [6, 6.07) is 19.3. The van der Waals surface area contributed by atoms with Crippen LogP contribution in [0.4, 0.5) is 24.5 Å². The van der Waals surface area contributed by atoms with E-state index in [0.717, 1.165) is 40.7 Å². The van der Waals surface area contributed by atoms with E-state index >= 15 is 0 Å². The molecule has 1 aromatic heterocycles. The van der Waals surface area contributed by atoms with E-state index in [1.807, 2.05) is 30.3 Å². The average Bonchev–Trinajstić information content (AvgIpc) is 3.23. The number of nitrogens with one attached hydrogen (secondary N) is 3. The second-order valence-electron chi connectivity index (χ2n) is 8.46. The maximum Gasteiger partial charge on any atom is 0.416 e. The number of carbonyl (C=O) groups excluding carboxylic acids is 1. The van der Waals surface area contributed by atoms with Crippen LogP contribution in [0.5, 0.6) is 0 Å². The molecule has 3 unspecified atom stereocenters. The van der Waals surface area contributed by atoms with Crippen molar-refractivity contribution < 1.29 is 23.1 Å². The number of aliphatic hydroxyl groups is 1. The van der Waals surface area contributed by atoms with Gasteiger partial charge in [-0.2, -0.15) is 13.2 Å². The third-order valence-electron chi connectivity index (χ3n) is 6.15. The quantitative estimate of drug-likeness (QED) is 0.324. The summed E-state index contributed by atoms with van der Waals surface area (Å²) in [6.07, 6.45) is -3.15. The van der Waals surface area contributed by atoms with Crippen LogP contribution in [0.2, 0.25) is 0 Å². The fourth-order valence-electron chi connectivity index (χ4n) is 4.27. The molecule has 0 bridgehead atoms. The monoisotopic (exact) mass is 465 g/mol. The number of benzene rings is 3. The summed E-state index contributed by atoms with van der Waals surface area (Å²) in [5, 5.41) is 17.3. The van der Waals surface area contributed by atoms with Gasteiger partial charge in [-0.15, -0.1) is 0 Å². The van der Waals surface area contributed by atoms with E-state index in [9.17, 15) is 23.1 Å². The van der Waals surface area contributed by atoms with E-state index in [-0.39, 0.29) is 5.78 Å². The number of alkyl halides is 3. The molecule has 0 saturated heterocycles. The van der Waals surface area contributed by atoms with Gasteiger partial charge in [0.1, 0.15) is 12.1 Å². The van der Waals surface area contributed by atoms with Gasteiger partial charge in [-0.3, -0.25) is 4.79 Å². The molecular weight excluding hydrogens is 443 g/mol. The van der Waals surface area contributed by atoms with Gasteiger partial charge in [0.25, 0.3) is 0 Å². The van der Waals surface area contributed by atoms with Crippen LogP contribution in [0.15, 0.2) is 79.0 Å². The number of halogens is 3. The van der Waals surface area contributed by atoms with Gasteiger partial charge in [0.05, 0.1) is 17.3 Å². The fraction of sp³-hybridized carbons (Fsp3) is 0.192. The molecule has 8 heteroatoms.